The first-order valence-corrected chi connectivity index (χ1v) is 29.6. The van der Waals surface area contributed by atoms with E-state index in [0.29, 0.717) is 5.75 Å². The molecule has 0 spiro atoms. The van der Waals surface area contributed by atoms with Crippen molar-refractivity contribution in [3.63, 3.8) is 0 Å². The van der Waals surface area contributed by atoms with E-state index in [2.05, 4.69) is 296 Å². The summed E-state index contributed by atoms with van der Waals surface area (Å²) in [5, 5.41) is 0. The van der Waals surface area contributed by atoms with E-state index in [4.69, 9.17) is 15.9 Å². The van der Waals surface area contributed by atoms with E-state index in [1.54, 1.807) is 0 Å². The third-order valence-corrected chi connectivity index (χ3v) is 16.6. The highest BCUT2D eigenvalue weighted by molar-refractivity contribution is 9.11. The Hall–Kier alpha value is -6.92. The highest BCUT2D eigenvalue weighted by Crippen LogP contribution is 2.59. The molecule has 2 aliphatic carbocycles. The normalized spacial score (nSPS) is 12.3. The standard InChI is InChI=1S/C45H36Br2O2.C27H20Br2.10H2/c1-3-5-7-9-11-13-15-17-31-48-39-25-19-35(20-26-39)45(43-33-37(46)23-29-41(43)42-30-24-38(47)34-44(42)45)36-21-27-40(28-22-36)49-32-18-16-14-12-10-8-6-4-2;1-17-3-7-19(8-4-17)27(20-9-5-18(2)6-10-20)25-15-21(28)11-13-23(25)24-14-12-22(29)16-26(24)27;;;;;;;;;;/h1,19-30,33-34H,4,6,8,10,12,14,16,18,32H2,2H3;3-16H,1-2H3;10*1H. The average molecular weight is 1290 g/mol. The molecule has 2 aliphatic rings. The number of terminal acetylenes is 1. The van der Waals surface area contributed by atoms with Gasteiger partial charge in [-0.2, -0.15) is 0 Å². The summed E-state index contributed by atoms with van der Waals surface area (Å²) in [5.41, 5.74) is 16.6. The molecule has 6 heteroatoms. The van der Waals surface area contributed by atoms with Crippen molar-refractivity contribution in [3.8, 4) is 93.6 Å². The van der Waals surface area contributed by atoms with E-state index in [0.717, 1.165) is 47.8 Å². The lowest BCUT2D eigenvalue weighted by atomic mass is 9.67. The Balaban J connectivity index is 0. The smallest absolute Gasteiger partial charge is 0.140 e. The molecule has 0 aliphatic heterocycles. The Bertz CT molecular complexity index is 3660. The van der Waals surface area contributed by atoms with E-state index in [1.807, 2.05) is 12.1 Å². The predicted octanol–water partition coefficient (Wildman–Crippen LogP) is 21.7. The zero-order chi connectivity index (χ0) is 54.5. The highest BCUT2D eigenvalue weighted by Gasteiger charge is 2.48. The first-order chi connectivity index (χ1) is 38.1. The molecule has 8 aromatic rings. The number of halogens is 4. The van der Waals surface area contributed by atoms with E-state index in [9.17, 15) is 0 Å². The minimum Gasteiger partial charge on any atom is -0.494 e. The van der Waals surface area contributed by atoms with Crippen molar-refractivity contribution >= 4 is 63.7 Å². The molecule has 8 aromatic carbocycles. The molecule has 2 nitrogen and oxygen atoms in total. The molecule has 10 rings (SSSR count). The van der Waals surface area contributed by atoms with Crippen LogP contribution in [0.25, 0.3) is 22.3 Å². The Morgan fingerprint density at radius 2 is 0.731 bits per heavy atom. The molecule has 404 valence electrons. The van der Waals surface area contributed by atoms with Crippen LogP contribution in [0.15, 0.2) is 188 Å². The van der Waals surface area contributed by atoms with Crippen molar-refractivity contribution in [2.75, 3.05) is 6.61 Å². The lowest BCUT2D eigenvalue weighted by Gasteiger charge is -2.34. The third-order valence-electron chi connectivity index (χ3n) is 14.6. The van der Waals surface area contributed by atoms with Crippen molar-refractivity contribution in [2.24, 2.45) is 0 Å². The zero-order valence-electron chi connectivity index (χ0n) is 43.9. The summed E-state index contributed by atoms with van der Waals surface area (Å²) in [6.07, 6.45) is 17.9. The summed E-state index contributed by atoms with van der Waals surface area (Å²) in [4.78, 5) is 0. The van der Waals surface area contributed by atoms with Gasteiger partial charge in [-0.15, -0.1) is 6.42 Å². The molecule has 0 radical (unpaired) electrons. The quantitative estimate of drug-likeness (QED) is 0.0752. The molecule has 0 saturated heterocycles. The monoisotopic (exact) mass is 1290 g/mol. The molecule has 0 aromatic heterocycles. The van der Waals surface area contributed by atoms with Crippen LogP contribution in [-0.2, 0) is 10.8 Å². The minimum atomic E-state index is -0.578. The van der Waals surface area contributed by atoms with Crippen LogP contribution in [0.2, 0.25) is 0 Å². The van der Waals surface area contributed by atoms with Crippen LogP contribution in [-0.4, -0.2) is 6.61 Å². The van der Waals surface area contributed by atoms with Crippen LogP contribution < -0.4 is 9.47 Å². The van der Waals surface area contributed by atoms with Gasteiger partial charge in [-0.25, -0.2) is 0 Å². The van der Waals surface area contributed by atoms with E-state index < -0.39 is 5.41 Å². The Morgan fingerprint density at radius 1 is 0.397 bits per heavy atom. The van der Waals surface area contributed by atoms with Crippen LogP contribution in [0, 0.1) is 73.7 Å². The molecule has 0 atom stereocenters. The van der Waals surface area contributed by atoms with E-state index in [-0.39, 0.29) is 19.7 Å². The Morgan fingerprint density at radius 3 is 1.12 bits per heavy atom. The largest absolute Gasteiger partial charge is 0.494 e. The number of fused-ring (bicyclic) bond motifs is 6. The predicted molar refractivity (Wildman–Crippen MR) is 358 cm³/mol. The maximum absolute atomic E-state index is 6.21. The van der Waals surface area contributed by atoms with Gasteiger partial charge in [-0.3, -0.25) is 0 Å². The lowest BCUT2D eigenvalue weighted by Crippen LogP contribution is -2.28. The van der Waals surface area contributed by atoms with Gasteiger partial charge in [0, 0.05) is 55.8 Å². The number of hydrogen-bond acceptors (Lipinski definition) is 2. The van der Waals surface area contributed by atoms with Gasteiger partial charge >= 0.3 is 0 Å². The van der Waals surface area contributed by atoms with Crippen LogP contribution >= 0.6 is 63.7 Å². The van der Waals surface area contributed by atoms with E-state index in [1.165, 1.54) is 112 Å². The number of aryl methyl sites for hydroxylation is 2. The fraction of sp³-hybridized carbons (Fsp3) is 0.194. The summed E-state index contributed by atoms with van der Waals surface area (Å²) in [6.45, 7) is 7.28. The van der Waals surface area contributed by atoms with Gasteiger partial charge < -0.3 is 9.47 Å². The van der Waals surface area contributed by atoms with Gasteiger partial charge in [0.05, 0.1) is 17.4 Å². The molecule has 0 amide bonds. The molecule has 0 N–H and O–H groups in total. The fourth-order valence-corrected chi connectivity index (χ4v) is 12.5. The minimum absolute atomic E-state index is 0. The van der Waals surface area contributed by atoms with Crippen LogP contribution in [0.3, 0.4) is 0 Å². The summed E-state index contributed by atoms with van der Waals surface area (Å²) < 4.78 is 16.2. The SMILES string of the molecule is C#CC#CC#CC#CC#COc1ccc(C2(c3ccc(OCCCCCCCCCC)cc3)c3cc(Br)ccc3-c3ccc(Br)cc32)cc1.Cc1ccc(C2(c3ccc(C)cc3)c3cc(Br)ccc3-c3ccc(Br)cc32)cc1.[HH].[HH].[HH].[HH].[HH].[HH].[HH].[HH].[HH].[HH]. The first-order valence-electron chi connectivity index (χ1n) is 26.4. The van der Waals surface area contributed by atoms with Crippen molar-refractivity contribution in [2.45, 2.75) is 83.0 Å². The van der Waals surface area contributed by atoms with Crippen molar-refractivity contribution in [1.29, 1.82) is 0 Å². The van der Waals surface area contributed by atoms with E-state index >= 15 is 0 Å². The molecule has 78 heavy (non-hydrogen) atoms. The van der Waals surface area contributed by atoms with Gasteiger partial charge in [0.2, 0.25) is 0 Å². The second kappa shape index (κ2) is 26.2. The van der Waals surface area contributed by atoms with Crippen molar-refractivity contribution in [3.05, 3.63) is 243 Å². The van der Waals surface area contributed by atoms with Crippen molar-refractivity contribution in [1.82, 2.24) is 0 Å². The summed E-state index contributed by atoms with van der Waals surface area (Å²) in [5.74, 6) is 21.6. The highest BCUT2D eigenvalue weighted by atomic mass is 79.9. The molecule has 0 saturated carbocycles. The van der Waals surface area contributed by atoms with Gasteiger partial charge in [-0.1, -0.05) is 224 Å². The second-order valence-corrected chi connectivity index (χ2v) is 23.2. The first kappa shape index (κ1) is 55.8. The Kier molecular flexibility index (Phi) is 18.7. The molecular formula is C72H76Br4O2. The maximum atomic E-state index is 6.21. The number of benzene rings is 8. The molecule has 0 heterocycles. The topological polar surface area (TPSA) is 18.5 Å². The zero-order valence-corrected chi connectivity index (χ0v) is 50.3. The number of ether oxygens (including phenoxy) is 2. The Labute approximate surface area is 510 Å². The van der Waals surface area contributed by atoms with Crippen LogP contribution in [0.4, 0.5) is 0 Å². The van der Waals surface area contributed by atoms with Gasteiger partial charge in [0.1, 0.15) is 17.6 Å². The second-order valence-electron chi connectivity index (χ2n) is 19.6. The number of unbranched alkanes of at least 4 members (excludes halogenated alkanes) is 7. The average Bonchev–Trinajstić information content (AvgIpc) is 1.54. The number of hydrogen-bond donors (Lipinski definition) is 0. The third kappa shape index (κ3) is 12.0. The summed E-state index contributed by atoms with van der Waals surface area (Å²) in [6, 6.07) is 61.3. The van der Waals surface area contributed by atoms with Crippen LogP contribution in [0.5, 0.6) is 11.5 Å². The maximum Gasteiger partial charge on any atom is 0.140 e. The molecular weight excluding hydrogens is 1220 g/mol. The fourth-order valence-electron chi connectivity index (χ4n) is 11.0. The lowest BCUT2D eigenvalue weighted by molar-refractivity contribution is 0.304. The van der Waals surface area contributed by atoms with Crippen molar-refractivity contribution < 1.29 is 23.7 Å². The van der Waals surface area contributed by atoms with Gasteiger partial charge in [0.25, 0.3) is 0 Å². The number of rotatable bonds is 15. The van der Waals surface area contributed by atoms with Gasteiger partial charge in [-0.05, 0) is 184 Å². The molecule has 0 fully saturated rings. The summed E-state index contributed by atoms with van der Waals surface area (Å²) in [7, 11) is 0. The summed E-state index contributed by atoms with van der Waals surface area (Å²) >= 11 is 15.0. The van der Waals surface area contributed by atoms with Gasteiger partial charge in [0.15, 0.2) is 0 Å². The van der Waals surface area contributed by atoms with Crippen LogP contribution in [0.1, 0.15) is 128 Å². The molecule has 0 bridgehead atoms. The molecule has 0 unspecified atom stereocenters.